The zero-order valence-electron chi connectivity index (χ0n) is 18.0. The summed E-state index contributed by atoms with van der Waals surface area (Å²) in [7, 11) is 2.11. The summed E-state index contributed by atoms with van der Waals surface area (Å²) < 4.78 is 5.47. The number of pyridine rings is 3. The fourth-order valence-corrected chi connectivity index (χ4v) is 3.74. The molecule has 9 heteroatoms. The molecule has 5 heterocycles. The predicted octanol–water partition coefficient (Wildman–Crippen LogP) is 2.56. The van der Waals surface area contributed by atoms with Gasteiger partial charge in [-0.1, -0.05) is 0 Å². The van der Waals surface area contributed by atoms with E-state index in [9.17, 15) is 4.79 Å². The summed E-state index contributed by atoms with van der Waals surface area (Å²) in [5.74, 6) is 1.69. The highest BCUT2D eigenvalue weighted by molar-refractivity contribution is 5.98. The predicted molar refractivity (Wildman–Crippen MR) is 120 cm³/mol. The number of carbonyl (C=O) groups is 1. The quantitative estimate of drug-likeness (QED) is 0.443. The van der Waals surface area contributed by atoms with Gasteiger partial charge >= 0.3 is 0 Å². The first-order valence-corrected chi connectivity index (χ1v) is 10.5. The molecular weight excluding hydrogens is 406 g/mol. The first-order chi connectivity index (χ1) is 15.5. The van der Waals surface area contributed by atoms with E-state index < -0.39 is 0 Å². The van der Waals surface area contributed by atoms with E-state index in [1.807, 2.05) is 24.3 Å². The molecule has 9 nitrogen and oxygen atoms in total. The van der Waals surface area contributed by atoms with Crippen LogP contribution >= 0.6 is 0 Å². The minimum atomic E-state index is -0.00157. The summed E-state index contributed by atoms with van der Waals surface area (Å²) in [4.78, 5) is 31.0. The highest BCUT2D eigenvalue weighted by Crippen LogP contribution is 2.21. The first-order valence-electron chi connectivity index (χ1n) is 10.5. The van der Waals surface area contributed by atoms with Gasteiger partial charge in [-0.3, -0.25) is 9.78 Å². The van der Waals surface area contributed by atoms with Crippen LogP contribution in [0.15, 0.2) is 47.1 Å². The smallest absolute Gasteiger partial charge is 0.266 e. The highest BCUT2D eigenvalue weighted by Gasteiger charge is 2.17. The van der Waals surface area contributed by atoms with Crippen molar-refractivity contribution < 1.29 is 9.21 Å². The second-order valence-electron chi connectivity index (χ2n) is 7.98. The van der Waals surface area contributed by atoms with Crippen molar-refractivity contribution in [2.24, 2.45) is 0 Å². The average Bonchev–Trinajstić information content (AvgIpc) is 3.25. The molecule has 4 aromatic heterocycles. The van der Waals surface area contributed by atoms with Crippen LogP contribution in [-0.2, 0) is 6.42 Å². The Morgan fingerprint density at radius 2 is 1.91 bits per heavy atom. The second-order valence-corrected chi connectivity index (χ2v) is 7.98. The van der Waals surface area contributed by atoms with Crippen molar-refractivity contribution in [3.63, 3.8) is 0 Å². The van der Waals surface area contributed by atoms with E-state index in [2.05, 4.69) is 42.0 Å². The molecule has 0 saturated carbocycles. The Labute approximate surface area is 185 Å². The molecule has 0 N–H and O–H groups in total. The van der Waals surface area contributed by atoms with Gasteiger partial charge in [0.15, 0.2) is 5.78 Å². The number of fused-ring (bicyclic) bond motifs is 1. The molecule has 0 aliphatic carbocycles. The first kappa shape index (κ1) is 20.2. The Morgan fingerprint density at radius 3 is 2.69 bits per heavy atom. The minimum absolute atomic E-state index is 0.00157. The number of aromatic nitrogens is 5. The Bertz CT molecular complexity index is 1280. The summed E-state index contributed by atoms with van der Waals surface area (Å²) in [6, 6.07) is 9.20. The van der Waals surface area contributed by atoms with Crippen LogP contribution in [0.5, 0.6) is 0 Å². The van der Waals surface area contributed by atoms with Gasteiger partial charge in [-0.05, 0) is 37.4 Å². The van der Waals surface area contributed by atoms with Gasteiger partial charge in [0.2, 0.25) is 5.89 Å². The summed E-state index contributed by atoms with van der Waals surface area (Å²) in [5.41, 5.74) is 2.61. The van der Waals surface area contributed by atoms with Crippen LogP contribution in [-0.4, -0.2) is 69.1 Å². The Kier molecular flexibility index (Phi) is 5.32. The second kappa shape index (κ2) is 8.43. The SMILES string of the molecule is Cc1nnc(-c2ccc3cnc(CC(=O)c4ccnc(N5CCN(C)CC5)c4)cc3n2)o1. The number of piperazine rings is 1. The van der Waals surface area contributed by atoms with Gasteiger partial charge in [0.05, 0.1) is 17.6 Å². The van der Waals surface area contributed by atoms with Crippen molar-refractivity contribution in [3.8, 4) is 11.6 Å². The number of ketones is 1. The van der Waals surface area contributed by atoms with E-state index in [1.54, 1.807) is 25.4 Å². The van der Waals surface area contributed by atoms with Crippen molar-refractivity contribution in [2.75, 3.05) is 38.1 Å². The number of hydrogen-bond acceptors (Lipinski definition) is 9. The number of hydrogen-bond donors (Lipinski definition) is 0. The van der Waals surface area contributed by atoms with Crippen LogP contribution in [0.2, 0.25) is 0 Å². The third-order valence-electron chi connectivity index (χ3n) is 5.61. The van der Waals surface area contributed by atoms with Gasteiger partial charge in [-0.25, -0.2) is 9.97 Å². The number of likely N-dealkylation sites (N-methyl/N-ethyl adjacent to an activating group) is 1. The molecule has 0 radical (unpaired) electrons. The number of anilines is 1. The third kappa shape index (κ3) is 4.19. The van der Waals surface area contributed by atoms with Crippen LogP contribution in [0, 0.1) is 6.92 Å². The molecule has 1 fully saturated rings. The minimum Gasteiger partial charge on any atom is -0.420 e. The van der Waals surface area contributed by atoms with Crippen LogP contribution in [0.1, 0.15) is 21.9 Å². The average molecular weight is 429 g/mol. The van der Waals surface area contributed by atoms with Crippen LogP contribution in [0.4, 0.5) is 5.82 Å². The van der Waals surface area contributed by atoms with E-state index in [1.165, 1.54) is 0 Å². The zero-order valence-corrected chi connectivity index (χ0v) is 18.0. The molecule has 4 aromatic rings. The third-order valence-corrected chi connectivity index (χ3v) is 5.61. The van der Waals surface area contributed by atoms with Gasteiger partial charge < -0.3 is 14.2 Å². The summed E-state index contributed by atoms with van der Waals surface area (Å²) >= 11 is 0. The van der Waals surface area contributed by atoms with Gasteiger partial charge in [0.1, 0.15) is 11.5 Å². The molecule has 0 amide bonds. The zero-order chi connectivity index (χ0) is 22.1. The molecular formula is C23H23N7O2. The Morgan fingerprint density at radius 1 is 1.06 bits per heavy atom. The molecule has 162 valence electrons. The van der Waals surface area contributed by atoms with Gasteiger partial charge in [0, 0.05) is 56.4 Å². The number of carbonyl (C=O) groups excluding carboxylic acids is 1. The highest BCUT2D eigenvalue weighted by atomic mass is 16.4. The summed E-state index contributed by atoms with van der Waals surface area (Å²) in [6.07, 6.45) is 3.62. The van der Waals surface area contributed by atoms with Crippen molar-refractivity contribution >= 4 is 22.5 Å². The molecule has 1 aliphatic heterocycles. The maximum absolute atomic E-state index is 13.0. The van der Waals surface area contributed by atoms with E-state index in [0.29, 0.717) is 28.7 Å². The number of rotatable bonds is 5. The lowest BCUT2D eigenvalue weighted by atomic mass is 10.1. The summed E-state index contributed by atoms with van der Waals surface area (Å²) in [6.45, 7) is 5.51. The van der Waals surface area contributed by atoms with Crippen molar-refractivity contribution in [2.45, 2.75) is 13.3 Å². The monoisotopic (exact) mass is 429 g/mol. The maximum atomic E-state index is 13.0. The van der Waals surface area contributed by atoms with E-state index in [4.69, 9.17) is 4.42 Å². The molecule has 0 aromatic carbocycles. The molecule has 1 saturated heterocycles. The van der Waals surface area contributed by atoms with Crippen LogP contribution in [0.3, 0.4) is 0 Å². The lowest BCUT2D eigenvalue weighted by molar-refractivity contribution is 0.0992. The largest absolute Gasteiger partial charge is 0.420 e. The maximum Gasteiger partial charge on any atom is 0.266 e. The number of aryl methyl sites for hydroxylation is 1. The lowest BCUT2D eigenvalue weighted by Gasteiger charge is -2.33. The lowest BCUT2D eigenvalue weighted by Crippen LogP contribution is -2.44. The Balaban J connectivity index is 1.36. The molecule has 0 spiro atoms. The summed E-state index contributed by atoms with van der Waals surface area (Å²) in [5, 5.41) is 8.75. The van der Waals surface area contributed by atoms with Crippen LogP contribution in [0.25, 0.3) is 22.5 Å². The normalized spacial score (nSPS) is 14.8. The van der Waals surface area contributed by atoms with E-state index in [-0.39, 0.29) is 12.2 Å². The molecule has 0 atom stereocenters. The van der Waals surface area contributed by atoms with Gasteiger partial charge in [0.25, 0.3) is 5.89 Å². The fourth-order valence-electron chi connectivity index (χ4n) is 3.74. The van der Waals surface area contributed by atoms with E-state index in [0.717, 1.165) is 42.9 Å². The molecule has 5 rings (SSSR count). The fraction of sp³-hybridized carbons (Fsp3) is 0.304. The van der Waals surface area contributed by atoms with E-state index >= 15 is 0 Å². The standard InChI is InChI=1S/C23H23N7O2/c1-15-27-28-23(32-15)19-4-3-17-14-25-18(12-20(17)26-19)13-21(31)16-5-6-24-22(11-16)30-9-7-29(2)8-10-30/h3-6,11-12,14H,7-10,13H2,1-2H3. The van der Waals surface area contributed by atoms with Crippen LogP contribution < -0.4 is 4.90 Å². The molecule has 0 bridgehead atoms. The number of Topliss-reactive ketones (excluding diaryl/α,β-unsaturated/α-hetero) is 1. The molecule has 0 unspecified atom stereocenters. The van der Waals surface area contributed by atoms with Gasteiger partial charge in [-0.15, -0.1) is 10.2 Å². The molecule has 1 aliphatic rings. The molecule has 32 heavy (non-hydrogen) atoms. The van der Waals surface area contributed by atoms with Crippen molar-refractivity contribution in [1.82, 2.24) is 30.0 Å². The van der Waals surface area contributed by atoms with Crippen molar-refractivity contribution in [1.29, 1.82) is 0 Å². The van der Waals surface area contributed by atoms with Gasteiger partial charge in [-0.2, -0.15) is 0 Å². The Hall–Kier alpha value is -3.72. The number of nitrogens with zero attached hydrogens (tertiary/aromatic N) is 7. The van der Waals surface area contributed by atoms with Crippen molar-refractivity contribution in [3.05, 3.63) is 59.9 Å². The topological polar surface area (TPSA) is 101 Å².